The molecule has 552 valence electrons. The summed E-state index contributed by atoms with van der Waals surface area (Å²) in [6.45, 7) is 1.86. The van der Waals surface area contributed by atoms with Gasteiger partial charge in [0.2, 0.25) is 5.91 Å². The molecule has 0 aliphatic carbocycles. The van der Waals surface area contributed by atoms with E-state index in [1.165, 1.54) is 257 Å². The molecule has 17 unspecified atom stereocenters. The van der Waals surface area contributed by atoms with E-state index in [1.807, 2.05) is 0 Å². The lowest BCUT2D eigenvalue weighted by atomic mass is 9.96. The number of rotatable bonds is 62. The van der Waals surface area contributed by atoms with Crippen molar-refractivity contribution in [3.8, 4) is 0 Å². The quantitative estimate of drug-likeness (QED) is 0.0252. The van der Waals surface area contributed by atoms with Crippen molar-refractivity contribution in [1.82, 2.24) is 5.32 Å². The van der Waals surface area contributed by atoms with Gasteiger partial charge in [-0.3, -0.25) is 4.79 Å². The maximum absolute atomic E-state index is 13.4. The van der Waals surface area contributed by atoms with E-state index in [2.05, 4.69) is 19.2 Å². The Hall–Kier alpha value is -1.21. The molecule has 3 saturated heterocycles. The normalized spacial score (nSPS) is 27.4. The third-order valence-electron chi connectivity index (χ3n) is 19.9. The van der Waals surface area contributed by atoms with Crippen molar-refractivity contribution in [2.75, 3.05) is 26.4 Å². The number of nitrogens with one attached hydrogen (secondary N) is 1. The molecule has 3 fully saturated rings. The van der Waals surface area contributed by atoms with Gasteiger partial charge in [0.1, 0.15) is 73.2 Å². The highest BCUT2D eigenvalue weighted by molar-refractivity contribution is 5.76. The largest absolute Gasteiger partial charge is 0.394 e. The molecule has 12 N–H and O–H groups in total. The molecule has 3 heterocycles. The summed E-state index contributed by atoms with van der Waals surface area (Å²) in [7, 11) is 0. The zero-order chi connectivity index (χ0) is 67.5. The summed E-state index contributed by atoms with van der Waals surface area (Å²) in [6.07, 6.45) is 36.3. The van der Waals surface area contributed by atoms with Gasteiger partial charge >= 0.3 is 0 Å². The van der Waals surface area contributed by atoms with Crippen LogP contribution in [0.4, 0.5) is 0 Å². The first-order valence-electron chi connectivity index (χ1n) is 38.8. The molecule has 0 aromatic heterocycles. The summed E-state index contributed by atoms with van der Waals surface area (Å²) in [5.41, 5.74) is 0. The first-order valence-corrected chi connectivity index (χ1v) is 38.8. The average Bonchev–Trinajstić information content (AvgIpc) is 0.885. The fraction of sp³-hybridized carbons (Fsp3) is 0.986. The second-order valence-corrected chi connectivity index (χ2v) is 28.2. The van der Waals surface area contributed by atoms with Crippen molar-refractivity contribution in [2.24, 2.45) is 0 Å². The number of carbonyl (C=O) groups is 1. The van der Waals surface area contributed by atoms with Crippen LogP contribution in [0.1, 0.15) is 335 Å². The number of hydrogen-bond acceptors (Lipinski definition) is 18. The first-order chi connectivity index (χ1) is 45.3. The van der Waals surface area contributed by atoms with Crippen LogP contribution in [0.5, 0.6) is 0 Å². The Bertz CT molecular complexity index is 1690. The second-order valence-electron chi connectivity index (χ2n) is 28.2. The SMILES string of the molecule is CCCCCCCCCCCCCCCCCCCCCCCCCCCCCCCCCCC(O)C(COC1OC(CO)C(OC2OC(CO)C(OC3OC(CO)C(O)C(O)C3O)C(O)C2O)C(O)C1O)NC(=O)CCCCCCCCCCCCCCCCCC. The number of ether oxygens (including phenoxy) is 6. The molecule has 19 heteroatoms. The third kappa shape index (κ3) is 37.7. The minimum Gasteiger partial charge on any atom is -0.394 e. The van der Waals surface area contributed by atoms with Gasteiger partial charge in [0.15, 0.2) is 18.9 Å². The fourth-order valence-corrected chi connectivity index (χ4v) is 13.7. The lowest BCUT2D eigenvalue weighted by Gasteiger charge is -2.48. The maximum atomic E-state index is 13.4. The molecule has 0 spiro atoms. The van der Waals surface area contributed by atoms with Crippen LogP contribution in [0.25, 0.3) is 0 Å². The molecule has 19 nitrogen and oxygen atoms in total. The summed E-state index contributed by atoms with van der Waals surface area (Å²) >= 11 is 0. The predicted molar refractivity (Wildman–Crippen MR) is 365 cm³/mol. The average molecular weight is 1330 g/mol. The molecule has 0 aromatic rings. The van der Waals surface area contributed by atoms with Crippen molar-refractivity contribution < 1.29 is 89.4 Å². The van der Waals surface area contributed by atoms with Crippen molar-refractivity contribution in [3.05, 3.63) is 0 Å². The Kier molecular flexibility index (Phi) is 52.3. The van der Waals surface area contributed by atoms with E-state index in [1.54, 1.807) is 0 Å². The summed E-state index contributed by atoms with van der Waals surface area (Å²) in [6, 6.07) is -0.882. The smallest absolute Gasteiger partial charge is 0.220 e. The number of unbranched alkanes of at least 4 members (excludes halogenated alkanes) is 46. The van der Waals surface area contributed by atoms with E-state index in [0.717, 1.165) is 44.9 Å². The van der Waals surface area contributed by atoms with E-state index < -0.39 is 124 Å². The van der Waals surface area contributed by atoms with E-state index in [-0.39, 0.29) is 18.9 Å². The van der Waals surface area contributed by atoms with E-state index in [9.17, 15) is 61.0 Å². The predicted octanol–water partition coefficient (Wildman–Crippen LogP) is 11.8. The van der Waals surface area contributed by atoms with Gasteiger partial charge in [-0.1, -0.05) is 316 Å². The highest BCUT2D eigenvalue weighted by atomic mass is 16.8. The molecule has 1 amide bonds. The summed E-state index contributed by atoms with van der Waals surface area (Å²) in [4.78, 5) is 13.4. The monoisotopic (exact) mass is 1330 g/mol. The summed E-state index contributed by atoms with van der Waals surface area (Å²) in [5.74, 6) is -0.235. The van der Waals surface area contributed by atoms with Crippen molar-refractivity contribution >= 4 is 5.91 Å². The van der Waals surface area contributed by atoms with Crippen LogP contribution in [0.3, 0.4) is 0 Å². The second kappa shape index (κ2) is 56.5. The molecule has 17 atom stereocenters. The van der Waals surface area contributed by atoms with Gasteiger partial charge < -0.3 is 89.9 Å². The number of hydrogen-bond donors (Lipinski definition) is 12. The van der Waals surface area contributed by atoms with Crippen molar-refractivity contribution in [2.45, 2.75) is 439 Å². The lowest BCUT2D eigenvalue weighted by Crippen LogP contribution is -2.66. The first kappa shape index (κ1) is 86.0. The van der Waals surface area contributed by atoms with E-state index >= 15 is 0 Å². The molecule has 3 aliphatic rings. The van der Waals surface area contributed by atoms with Crippen LogP contribution in [0.2, 0.25) is 0 Å². The van der Waals surface area contributed by atoms with E-state index in [0.29, 0.717) is 12.8 Å². The fourth-order valence-electron chi connectivity index (χ4n) is 13.7. The zero-order valence-corrected chi connectivity index (χ0v) is 58.8. The number of amides is 1. The van der Waals surface area contributed by atoms with Gasteiger partial charge in [0.05, 0.1) is 38.6 Å². The number of aliphatic hydroxyl groups is 11. The molecule has 0 bridgehead atoms. The van der Waals surface area contributed by atoms with Gasteiger partial charge in [-0.2, -0.15) is 0 Å². The Morgan fingerprint density at radius 1 is 0.344 bits per heavy atom. The van der Waals surface area contributed by atoms with Crippen LogP contribution in [0.15, 0.2) is 0 Å². The van der Waals surface area contributed by atoms with Crippen molar-refractivity contribution in [1.29, 1.82) is 0 Å². The standard InChI is InChI=1S/C74H143NO18/c1-3-5-7-9-11-13-15-17-19-21-22-23-24-25-26-27-28-29-30-31-32-33-34-35-36-37-39-41-43-45-47-49-51-58(79)57(75-62(80)52-50-48-46-44-42-40-38-20-18-16-14-12-10-8-6-4-2)56-88-72-68(86)65(83)70(60(54-77)90-72)93-74-69(87)66(84)71(61(55-78)91-74)92-73-67(85)64(82)63(81)59(53-76)89-73/h57-61,63-74,76-79,81-87H,3-56H2,1-2H3,(H,75,80). The van der Waals surface area contributed by atoms with Gasteiger partial charge in [-0.15, -0.1) is 0 Å². The van der Waals surface area contributed by atoms with Crippen LogP contribution in [-0.2, 0) is 33.2 Å². The summed E-state index contributed by atoms with van der Waals surface area (Å²) < 4.78 is 34.5. The molecular formula is C74H143NO18. The van der Waals surface area contributed by atoms with Gasteiger partial charge in [-0.05, 0) is 12.8 Å². The van der Waals surface area contributed by atoms with E-state index in [4.69, 9.17) is 28.4 Å². The zero-order valence-electron chi connectivity index (χ0n) is 58.8. The van der Waals surface area contributed by atoms with Crippen LogP contribution in [0, 0.1) is 0 Å². The minimum atomic E-state index is -1.97. The highest BCUT2D eigenvalue weighted by Gasteiger charge is 2.54. The Morgan fingerprint density at radius 3 is 0.935 bits per heavy atom. The van der Waals surface area contributed by atoms with Crippen molar-refractivity contribution in [3.63, 3.8) is 0 Å². The topological polar surface area (TPSA) is 307 Å². The maximum Gasteiger partial charge on any atom is 0.220 e. The number of aliphatic hydroxyl groups excluding tert-OH is 11. The molecule has 3 aliphatic heterocycles. The number of carbonyl (C=O) groups excluding carboxylic acids is 1. The molecule has 93 heavy (non-hydrogen) atoms. The van der Waals surface area contributed by atoms with Gasteiger partial charge in [-0.25, -0.2) is 0 Å². The van der Waals surface area contributed by atoms with Crippen LogP contribution >= 0.6 is 0 Å². The molecule has 3 rings (SSSR count). The molecule has 0 saturated carbocycles. The van der Waals surface area contributed by atoms with Gasteiger partial charge in [0, 0.05) is 6.42 Å². The summed E-state index contributed by atoms with van der Waals surface area (Å²) in [5, 5.41) is 121. The Labute approximate surface area is 563 Å². The molecular weight excluding hydrogens is 1190 g/mol. The van der Waals surface area contributed by atoms with Crippen LogP contribution in [-0.4, -0.2) is 193 Å². The minimum absolute atomic E-state index is 0.235. The third-order valence-corrected chi connectivity index (χ3v) is 19.9. The van der Waals surface area contributed by atoms with Crippen LogP contribution < -0.4 is 5.32 Å². The Balaban J connectivity index is 1.35. The van der Waals surface area contributed by atoms with Gasteiger partial charge in [0.25, 0.3) is 0 Å². The molecule has 0 aromatic carbocycles. The lowest BCUT2D eigenvalue weighted by molar-refractivity contribution is -0.379. The highest BCUT2D eigenvalue weighted by Crippen LogP contribution is 2.33. The Morgan fingerprint density at radius 2 is 0.613 bits per heavy atom. The molecule has 0 radical (unpaired) electrons.